The SMILES string of the molecule is Cc1ccnc(N2CCN(Cc3cnn(C)c3)C(C)C2)n1. The minimum absolute atomic E-state index is 0.475. The lowest BCUT2D eigenvalue weighted by Gasteiger charge is -2.39. The number of hydrogen-bond acceptors (Lipinski definition) is 5. The first-order chi connectivity index (χ1) is 10.1. The van der Waals surface area contributed by atoms with E-state index in [1.165, 1.54) is 5.56 Å². The van der Waals surface area contributed by atoms with Crippen LogP contribution in [0.4, 0.5) is 5.95 Å². The highest BCUT2D eigenvalue weighted by atomic mass is 15.3. The fourth-order valence-electron chi connectivity index (χ4n) is 2.79. The average molecular weight is 286 g/mol. The van der Waals surface area contributed by atoms with Gasteiger partial charge in [0.05, 0.1) is 6.20 Å². The van der Waals surface area contributed by atoms with Gasteiger partial charge in [0.2, 0.25) is 5.95 Å². The van der Waals surface area contributed by atoms with Crippen LogP contribution in [-0.2, 0) is 13.6 Å². The second-order valence-corrected chi connectivity index (χ2v) is 5.79. The van der Waals surface area contributed by atoms with Gasteiger partial charge in [0.1, 0.15) is 0 Å². The normalized spacial score (nSPS) is 20.0. The summed E-state index contributed by atoms with van der Waals surface area (Å²) >= 11 is 0. The summed E-state index contributed by atoms with van der Waals surface area (Å²) in [7, 11) is 1.96. The highest BCUT2D eigenvalue weighted by molar-refractivity contribution is 5.31. The topological polar surface area (TPSA) is 50.1 Å². The summed E-state index contributed by atoms with van der Waals surface area (Å²) in [4.78, 5) is 13.7. The van der Waals surface area contributed by atoms with Gasteiger partial charge in [-0.05, 0) is 19.9 Å². The molecule has 2 aromatic rings. The highest BCUT2D eigenvalue weighted by Crippen LogP contribution is 2.17. The Labute approximate surface area is 125 Å². The lowest BCUT2D eigenvalue weighted by atomic mass is 10.1. The molecule has 21 heavy (non-hydrogen) atoms. The van der Waals surface area contributed by atoms with E-state index in [0.717, 1.165) is 37.8 Å². The Hall–Kier alpha value is -1.95. The molecule has 1 fully saturated rings. The average Bonchev–Trinajstić information content (AvgIpc) is 2.86. The van der Waals surface area contributed by atoms with E-state index < -0.39 is 0 Å². The Morgan fingerprint density at radius 3 is 2.86 bits per heavy atom. The van der Waals surface area contributed by atoms with Crippen molar-refractivity contribution >= 4 is 5.95 Å². The molecule has 3 rings (SSSR count). The van der Waals surface area contributed by atoms with Crippen molar-refractivity contribution in [3.05, 3.63) is 35.9 Å². The van der Waals surface area contributed by atoms with Crippen molar-refractivity contribution in [1.82, 2.24) is 24.6 Å². The van der Waals surface area contributed by atoms with Crippen LogP contribution in [0.3, 0.4) is 0 Å². The summed E-state index contributed by atoms with van der Waals surface area (Å²) in [6.45, 7) is 8.17. The molecule has 1 unspecified atom stereocenters. The van der Waals surface area contributed by atoms with Crippen LogP contribution in [0.5, 0.6) is 0 Å². The number of nitrogens with zero attached hydrogens (tertiary/aromatic N) is 6. The molecular weight excluding hydrogens is 264 g/mol. The first kappa shape index (κ1) is 14.0. The number of hydrogen-bond donors (Lipinski definition) is 0. The molecule has 0 N–H and O–H groups in total. The summed E-state index contributed by atoms with van der Waals surface area (Å²) in [5.74, 6) is 0.850. The van der Waals surface area contributed by atoms with Crippen LogP contribution >= 0.6 is 0 Å². The summed E-state index contributed by atoms with van der Waals surface area (Å²) < 4.78 is 1.86. The molecule has 0 spiro atoms. The van der Waals surface area contributed by atoms with Crippen LogP contribution in [0.2, 0.25) is 0 Å². The second kappa shape index (κ2) is 5.81. The molecule has 2 aromatic heterocycles. The van der Waals surface area contributed by atoms with Gasteiger partial charge in [-0.2, -0.15) is 5.10 Å². The molecule has 0 saturated carbocycles. The maximum absolute atomic E-state index is 4.53. The summed E-state index contributed by atoms with van der Waals surface area (Å²) in [6.07, 6.45) is 5.87. The summed E-state index contributed by atoms with van der Waals surface area (Å²) in [5, 5.41) is 4.24. The number of aryl methyl sites for hydroxylation is 2. The maximum atomic E-state index is 4.53. The molecule has 0 amide bonds. The first-order valence-corrected chi connectivity index (χ1v) is 7.38. The summed E-state index contributed by atoms with van der Waals surface area (Å²) in [5.41, 5.74) is 2.29. The van der Waals surface area contributed by atoms with Crippen LogP contribution in [0.25, 0.3) is 0 Å². The van der Waals surface area contributed by atoms with Crippen molar-refractivity contribution in [3.8, 4) is 0 Å². The van der Waals surface area contributed by atoms with E-state index in [1.54, 1.807) is 0 Å². The lowest BCUT2D eigenvalue weighted by Crippen LogP contribution is -2.51. The molecule has 1 aliphatic heterocycles. The predicted octanol–water partition coefficient (Wildman–Crippen LogP) is 1.23. The van der Waals surface area contributed by atoms with Gasteiger partial charge in [-0.15, -0.1) is 0 Å². The van der Waals surface area contributed by atoms with Crippen LogP contribution in [0.1, 0.15) is 18.2 Å². The molecule has 0 aromatic carbocycles. The molecule has 1 aliphatic rings. The second-order valence-electron chi connectivity index (χ2n) is 5.79. The zero-order valence-corrected chi connectivity index (χ0v) is 12.9. The number of rotatable bonds is 3. The minimum Gasteiger partial charge on any atom is -0.338 e. The number of aromatic nitrogens is 4. The van der Waals surface area contributed by atoms with E-state index >= 15 is 0 Å². The zero-order chi connectivity index (χ0) is 14.8. The Morgan fingerprint density at radius 2 is 2.19 bits per heavy atom. The van der Waals surface area contributed by atoms with Gasteiger partial charge in [-0.25, -0.2) is 9.97 Å². The Kier molecular flexibility index (Phi) is 3.88. The van der Waals surface area contributed by atoms with Gasteiger partial charge in [0.15, 0.2) is 0 Å². The molecule has 3 heterocycles. The van der Waals surface area contributed by atoms with Crippen LogP contribution in [-0.4, -0.2) is 50.3 Å². The maximum Gasteiger partial charge on any atom is 0.225 e. The minimum atomic E-state index is 0.475. The van der Waals surface area contributed by atoms with Gasteiger partial charge in [-0.3, -0.25) is 9.58 Å². The molecule has 112 valence electrons. The van der Waals surface area contributed by atoms with Crippen molar-refractivity contribution in [3.63, 3.8) is 0 Å². The van der Waals surface area contributed by atoms with E-state index in [4.69, 9.17) is 0 Å². The van der Waals surface area contributed by atoms with Gasteiger partial charge >= 0.3 is 0 Å². The molecule has 6 nitrogen and oxygen atoms in total. The van der Waals surface area contributed by atoms with Crippen molar-refractivity contribution < 1.29 is 0 Å². The van der Waals surface area contributed by atoms with E-state index in [9.17, 15) is 0 Å². The lowest BCUT2D eigenvalue weighted by molar-refractivity contribution is 0.180. The number of anilines is 1. The Balaban J connectivity index is 1.64. The van der Waals surface area contributed by atoms with Crippen molar-refractivity contribution in [2.75, 3.05) is 24.5 Å². The van der Waals surface area contributed by atoms with E-state index in [0.29, 0.717) is 6.04 Å². The third-order valence-electron chi connectivity index (χ3n) is 3.97. The molecule has 1 atom stereocenters. The van der Waals surface area contributed by atoms with E-state index in [2.05, 4.69) is 38.0 Å². The Morgan fingerprint density at radius 1 is 1.33 bits per heavy atom. The third-order valence-corrected chi connectivity index (χ3v) is 3.97. The van der Waals surface area contributed by atoms with Crippen LogP contribution in [0.15, 0.2) is 24.7 Å². The van der Waals surface area contributed by atoms with Gasteiger partial charge in [0, 0.05) is 62.9 Å². The smallest absolute Gasteiger partial charge is 0.225 e. The molecule has 1 saturated heterocycles. The molecule has 0 aliphatic carbocycles. The van der Waals surface area contributed by atoms with Crippen molar-refractivity contribution in [2.45, 2.75) is 26.4 Å². The monoisotopic (exact) mass is 286 g/mol. The quantitative estimate of drug-likeness (QED) is 0.849. The number of piperazine rings is 1. The molecule has 6 heteroatoms. The van der Waals surface area contributed by atoms with Gasteiger partial charge in [-0.1, -0.05) is 0 Å². The van der Waals surface area contributed by atoms with Crippen LogP contribution in [0, 0.1) is 6.92 Å². The van der Waals surface area contributed by atoms with Gasteiger partial charge < -0.3 is 4.90 Å². The zero-order valence-electron chi connectivity index (χ0n) is 12.9. The highest BCUT2D eigenvalue weighted by Gasteiger charge is 2.25. The van der Waals surface area contributed by atoms with Crippen LogP contribution < -0.4 is 4.90 Å². The Bertz CT molecular complexity index is 608. The fourth-order valence-corrected chi connectivity index (χ4v) is 2.79. The molecule has 0 radical (unpaired) electrons. The summed E-state index contributed by atoms with van der Waals surface area (Å²) in [6, 6.07) is 2.41. The molecule has 0 bridgehead atoms. The third kappa shape index (κ3) is 3.21. The fraction of sp³-hybridized carbons (Fsp3) is 0.533. The molecular formula is C15H22N6. The first-order valence-electron chi connectivity index (χ1n) is 7.38. The predicted molar refractivity (Wildman–Crippen MR) is 82.1 cm³/mol. The van der Waals surface area contributed by atoms with E-state index in [1.807, 2.05) is 37.1 Å². The van der Waals surface area contributed by atoms with E-state index in [-0.39, 0.29) is 0 Å². The van der Waals surface area contributed by atoms with Crippen molar-refractivity contribution in [2.24, 2.45) is 7.05 Å². The van der Waals surface area contributed by atoms with Gasteiger partial charge in [0.25, 0.3) is 0 Å². The van der Waals surface area contributed by atoms with Crippen molar-refractivity contribution in [1.29, 1.82) is 0 Å². The largest absolute Gasteiger partial charge is 0.338 e. The standard InChI is InChI=1S/C15H22N6/c1-12-4-5-16-15(18-12)21-7-6-20(13(2)9-21)11-14-8-17-19(3)10-14/h4-5,8,10,13H,6-7,9,11H2,1-3H3.